The van der Waals surface area contributed by atoms with E-state index in [1.807, 2.05) is 51.1 Å². The highest BCUT2D eigenvalue weighted by atomic mass is 19.4. The molecule has 3 aromatic rings. The second-order valence-corrected chi connectivity index (χ2v) is 7.44. The molecule has 146 valence electrons. The van der Waals surface area contributed by atoms with Crippen LogP contribution >= 0.6 is 0 Å². The van der Waals surface area contributed by atoms with E-state index in [0.717, 1.165) is 35.6 Å². The molecule has 0 fully saturated rings. The Hall–Kier alpha value is -3.09. The Kier molecular flexibility index (Phi) is 5.02. The molecule has 1 N–H and O–H groups in total. The van der Waals surface area contributed by atoms with E-state index in [2.05, 4.69) is 10.4 Å². The molecule has 1 amide bonds. The lowest BCUT2D eigenvalue weighted by Gasteiger charge is -2.14. The first-order valence-electron chi connectivity index (χ1n) is 8.70. The van der Waals surface area contributed by atoms with Crippen molar-refractivity contribution in [2.45, 2.75) is 32.4 Å². The van der Waals surface area contributed by atoms with E-state index in [4.69, 9.17) is 0 Å². The Labute approximate surface area is 161 Å². The van der Waals surface area contributed by atoms with Crippen LogP contribution in [0.3, 0.4) is 0 Å². The van der Waals surface area contributed by atoms with Crippen LogP contribution in [0, 0.1) is 0 Å². The number of aromatic nitrogens is 2. The highest BCUT2D eigenvalue weighted by molar-refractivity contribution is 6.04. The number of anilines is 1. The molecule has 0 unspecified atom stereocenters. The first-order valence-corrected chi connectivity index (χ1v) is 8.70. The van der Waals surface area contributed by atoms with Crippen molar-refractivity contribution in [3.8, 4) is 5.69 Å². The number of benzene rings is 2. The number of hydrogen-bond donors (Lipinski definition) is 1. The van der Waals surface area contributed by atoms with Crippen LogP contribution in [0.2, 0.25) is 0 Å². The summed E-state index contributed by atoms with van der Waals surface area (Å²) in [5.74, 6) is -0.0627. The zero-order valence-electron chi connectivity index (χ0n) is 15.7. The standard InChI is InChI=1S/C21H20F3N3O/c1-20(2,3)17-13-18(27(26-17)16-7-5-4-6-8-16)25-19(28)14-9-11-15(12-10-14)21(22,23)24/h4-13H,1-3H3,(H,25,28). The molecule has 0 aliphatic carbocycles. The number of halogens is 3. The molecule has 4 nitrogen and oxygen atoms in total. The maximum absolute atomic E-state index is 12.7. The number of rotatable bonds is 3. The summed E-state index contributed by atoms with van der Waals surface area (Å²) in [5, 5.41) is 7.35. The lowest BCUT2D eigenvalue weighted by molar-refractivity contribution is -0.137. The van der Waals surface area contributed by atoms with Crippen LogP contribution < -0.4 is 5.32 Å². The number of para-hydroxylation sites is 1. The molecule has 7 heteroatoms. The van der Waals surface area contributed by atoms with Crippen LogP contribution in [-0.4, -0.2) is 15.7 Å². The smallest absolute Gasteiger partial charge is 0.306 e. The summed E-state index contributed by atoms with van der Waals surface area (Å²) in [4.78, 5) is 12.6. The summed E-state index contributed by atoms with van der Waals surface area (Å²) in [5.41, 5.74) is 0.632. The van der Waals surface area contributed by atoms with E-state index < -0.39 is 17.6 Å². The maximum Gasteiger partial charge on any atom is 0.416 e. The van der Waals surface area contributed by atoms with E-state index in [1.54, 1.807) is 10.7 Å². The largest absolute Gasteiger partial charge is 0.416 e. The zero-order valence-corrected chi connectivity index (χ0v) is 15.7. The normalized spacial score (nSPS) is 12.1. The van der Waals surface area contributed by atoms with Gasteiger partial charge in [-0.05, 0) is 36.4 Å². The fraction of sp³-hybridized carbons (Fsp3) is 0.238. The fourth-order valence-electron chi connectivity index (χ4n) is 2.60. The molecule has 0 atom stereocenters. The molecule has 0 aliphatic heterocycles. The van der Waals surface area contributed by atoms with Gasteiger partial charge in [-0.3, -0.25) is 4.79 Å². The lowest BCUT2D eigenvalue weighted by atomic mass is 9.92. The number of nitrogens with one attached hydrogen (secondary N) is 1. The van der Waals surface area contributed by atoms with Crippen molar-refractivity contribution in [3.05, 3.63) is 77.5 Å². The fourth-order valence-corrected chi connectivity index (χ4v) is 2.60. The molecule has 3 rings (SSSR count). The highest BCUT2D eigenvalue weighted by Gasteiger charge is 2.30. The van der Waals surface area contributed by atoms with Gasteiger partial charge in [0.2, 0.25) is 0 Å². The van der Waals surface area contributed by atoms with Crippen LogP contribution in [0.4, 0.5) is 19.0 Å². The van der Waals surface area contributed by atoms with Gasteiger partial charge in [0.1, 0.15) is 5.82 Å². The van der Waals surface area contributed by atoms with Gasteiger partial charge in [0.15, 0.2) is 0 Å². The SMILES string of the molecule is CC(C)(C)c1cc(NC(=O)c2ccc(C(F)(F)F)cc2)n(-c2ccccc2)n1. The molecule has 0 aliphatic rings. The number of nitrogens with zero attached hydrogens (tertiary/aromatic N) is 2. The molecule has 0 radical (unpaired) electrons. The van der Waals surface area contributed by atoms with Crippen molar-refractivity contribution in [2.24, 2.45) is 0 Å². The van der Waals surface area contributed by atoms with Gasteiger partial charge in [-0.2, -0.15) is 18.3 Å². The van der Waals surface area contributed by atoms with Crippen LogP contribution in [0.5, 0.6) is 0 Å². The molecule has 28 heavy (non-hydrogen) atoms. The summed E-state index contributed by atoms with van der Waals surface area (Å²) in [6.07, 6.45) is -4.44. The van der Waals surface area contributed by atoms with Crippen LogP contribution in [0.25, 0.3) is 5.69 Å². The Morgan fingerprint density at radius 3 is 2.11 bits per heavy atom. The van der Waals surface area contributed by atoms with Crippen molar-refractivity contribution in [1.82, 2.24) is 9.78 Å². The number of carbonyl (C=O) groups is 1. The van der Waals surface area contributed by atoms with Crippen molar-refractivity contribution >= 4 is 11.7 Å². The van der Waals surface area contributed by atoms with Gasteiger partial charge in [0.05, 0.1) is 16.9 Å². The average molecular weight is 387 g/mol. The molecule has 1 heterocycles. The minimum atomic E-state index is -4.44. The monoisotopic (exact) mass is 387 g/mol. The van der Waals surface area contributed by atoms with Crippen molar-refractivity contribution in [2.75, 3.05) is 5.32 Å². The van der Waals surface area contributed by atoms with E-state index in [0.29, 0.717) is 5.82 Å². The third-order valence-corrected chi connectivity index (χ3v) is 4.19. The molecular weight excluding hydrogens is 367 g/mol. The Bertz CT molecular complexity index is 969. The second-order valence-electron chi connectivity index (χ2n) is 7.44. The quantitative estimate of drug-likeness (QED) is 0.650. The molecule has 2 aromatic carbocycles. The predicted octanol–water partition coefficient (Wildman–Crippen LogP) is 5.44. The molecule has 0 bridgehead atoms. The Morgan fingerprint density at radius 2 is 1.57 bits per heavy atom. The van der Waals surface area contributed by atoms with Crippen LogP contribution in [0.15, 0.2) is 60.7 Å². The minimum Gasteiger partial charge on any atom is -0.306 e. The number of hydrogen-bond acceptors (Lipinski definition) is 2. The summed E-state index contributed by atoms with van der Waals surface area (Å²) in [6.45, 7) is 6.02. The summed E-state index contributed by atoms with van der Waals surface area (Å²) in [6, 6.07) is 15.2. The van der Waals surface area contributed by atoms with Crippen molar-refractivity contribution in [3.63, 3.8) is 0 Å². The van der Waals surface area contributed by atoms with Gasteiger partial charge < -0.3 is 5.32 Å². The predicted molar refractivity (Wildman–Crippen MR) is 102 cm³/mol. The van der Waals surface area contributed by atoms with Gasteiger partial charge >= 0.3 is 6.18 Å². The summed E-state index contributed by atoms with van der Waals surface area (Å²) >= 11 is 0. The van der Waals surface area contributed by atoms with Crippen molar-refractivity contribution in [1.29, 1.82) is 0 Å². The van der Waals surface area contributed by atoms with Gasteiger partial charge in [-0.25, -0.2) is 4.68 Å². The number of carbonyl (C=O) groups excluding carboxylic acids is 1. The highest BCUT2D eigenvalue weighted by Crippen LogP contribution is 2.30. The number of amides is 1. The van der Waals surface area contributed by atoms with E-state index >= 15 is 0 Å². The van der Waals surface area contributed by atoms with Gasteiger partial charge in [0, 0.05) is 17.0 Å². The molecule has 1 aromatic heterocycles. The minimum absolute atomic E-state index is 0.131. The average Bonchev–Trinajstić information content (AvgIpc) is 3.06. The van der Waals surface area contributed by atoms with Crippen LogP contribution in [0.1, 0.15) is 42.4 Å². The van der Waals surface area contributed by atoms with Gasteiger partial charge in [0.25, 0.3) is 5.91 Å². The van der Waals surface area contributed by atoms with Gasteiger partial charge in [-0.1, -0.05) is 39.0 Å². The summed E-state index contributed by atoms with van der Waals surface area (Å²) in [7, 11) is 0. The van der Waals surface area contributed by atoms with Crippen LogP contribution in [-0.2, 0) is 11.6 Å². The Balaban J connectivity index is 1.93. The molecule has 0 saturated carbocycles. The molecule has 0 saturated heterocycles. The Morgan fingerprint density at radius 1 is 0.964 bits per heavy atom. The molecular formula is C21H20F3N3O. The van der Waals surface area contributed by atoms with Gasteiger partial charge in [-0.15, -0.1) is 0 Å². The third-order valence-electron chi connectivity index (χ3n) is 4.19. The van der Waals surface area contributed by atoms with E-state index in [1.165, 1.54) is 0 Å². The number of alkyl halides is 3. The topological polar surface area (TPSA) is 46.9 Å². The maximum atomic E-state index is 12.7. The van der Waals surface area contributed by atoms with E-state index in [9.17, 15) is 18.0 Å². The summed E-state index contributed by atoms with van der Waals surface area (Å²) < 4.78 is 39.7. The lowest BCUT2D eigenvalue weighted by Crippen LogP contribution is -2.15. The van der Waals surface area contributed by atoms with Crippen molar-refractivity contribution < 1.29 is 18.0 Å². The molecule has 0 spiro atoms. The third kappa shape index (κ3) is 4.24. The van der Waals surface area contributed by atoms with E-state index in [-0.39, 0.29) is 11.0 Å². The second kappa shape index (κ2) is 7.14. The first-order chi connectivity index (χ1) is 13.1. The zero-order chi connectivity index (χ0) is 20.5. The first kappa shape index (κ1) is 19.7.